The summed E-state index contributed by atoms with van der Waals surface area (Å²) in [6, 6.07) is 0. The summed E-state index contributed by atoms with van der Waals surface area (Å²) < 4.78 is 0. The number of Topliss-reactive ketones (excluding diaryl/α,β-unsaturated/α-hetero) is 1. The van der Waals surface area contributed by atoms with Gasteiger partial charge in [0.25, 0.3) is 0 Å². The molecule has 0 aromatic rings. The molecule has 0 heterocycles. The Morgan fingerprint density at radius 2 is 2.09 bits per heavy atom. The van der Waals surface area contributed by atoms with Crippen molar-refractivity contribution >= 4 is 5.78 Å². The second-order valence-electron chi connectivity index (χ2n) is 4.06. The van der Waals surface area contributed by atoms with E-state index in [0.717, 1.165) is 12.8 Å². The molecule has 0 N–H and O–H groups in total. The highest BCUT2D eigenvalue weighted by Gasteiger charge is 2.29. The smallest absolute Gasteiger partial charge is 0.135 e. The van der Waals surface area contributed by atoms with Gasteiger partial charge in [-0.3, -0.25) is 4.79 Å². The summed E-state index contributed by atoms with van der Waals surface area (Å²) in [6.07, 6.45) is 3.20. The Morgan fingerprint density at radius 3 is 2.55 bits per heavy atom. The minimum Gasteiger partial charge on any atom is -0.299 e. The number of carbonyl (C=O) groups is 1. The van der Waals surface area contributed by atoms with Crippen molar-refractivity contribution in [1.82, 2.24) is 0 Å². The van der Waals surface area contributed by atoms with Gasteiger partial charge < -0.3 is 0 Å². The minimum absolute atomic E-state index is 0.323. The summed E-state index contributed by atoms with van der Waals surface area (Å²) in [5.41, 5.74) is 0. The van der Waals surface area contributed by atoms with Crippen LogP contribution < -0.4 is 0 Å². The summed E-state index contributed by atoms with van der Waals surface area (Å²) in [7, 11) is 0. The second kappa shape index (κ2) is 3.38. The molecule has 0 amide bonds. The lowest BCUT2D eigenvalue weighted by atomic mass is 9.74. The summed E-state index contributed by atoms with van der Waals surface area (Å²) in [6.45, 7) is 6.53. The van der Waals surface area contributed by atoms with E-state index in [1.807, 2.05) is 0 Å². The number of rotatable bonds is 1. The molecule has 0 bridgehead atoms. The monoisotopic (exact) mass is 154 g/mol. The van der Waals surface area contributed by atoms with E-state index in [1.165, 1.54) is 6.42 Å². The molecule has 2 atom stereocenters. The first-order valence-corrected chi connectivity index (χ1v) is 4.65. The molecule has 0 unspecified atom stereocenters. The van der Waals surface area contributed by atoms with Crippen molar-refractivity contribution in [2.75, 3.05) is 0 Å². The summed E-state index contributed by atoms with van der Waals surface area (Å²) >= 11 is 0. The third-order valence-electron chi connectivity index (χ3n) is 2.97. The van der Waals surface area contributed by atoms with Crippen LogP contribution >= 0.6 is 0 Å². The zero-order valence-electron chi connectivity index (χ0n) is 7.76. The molecule has 64 valence electrons. The van der Waals surface area contributed by atoms with Crippen LogP contribution in [-0.2, 0) is 4.79 Å². The van der Waals surface area contributed by atoms with Gasteiger partial charge in [0.1, 0.15) is 5.78 Å². The molecule has 1 saturated carbocycles. The standard InChI is InChI=1S/C10H18O/c1-7(2)9-5-4-6-10(11)8(9)3/h7-9H,4-6H2,1-3H3/t8-,9-/m0/s1. The predicted molar refractivity (Wildman–Crippen MR) is 46.4 cm³/mol. The van der Waals surface area contributed by atoms with Crippen molar-refractivity contribution in [2.45, 2.75) is 40.0 Å². The van der Waals surface area contributed by atoms with Crippen molar-refractivity contribution in [3.8, 4) is 0 Å². The predicted octanol–water partition coefficient (Wildman–Crippen LogP) is 2.65. The van der Waals surface area contributed by atoms with E-state index in [4.69, 9.17) is 0 Å². The molecule has 0 aromatic heterocycles. The third-order valence-corrected chi connectivity index (χ3v) is 2.97. The van der Waals surface area contributed by atoms with Crippen LogP contribution in [-0.4, -0.2) is 5.78 Å². The van der Waals surface area contributed by atoms with E-state index < -0.39 is 0 Å². The van der Waals surface area contributed by atoms with Gasteiger partial charge in [-0.1, -0.05) is 20.8 Å². The lowest BCUT2D eigenvalue weighted by Crippen LogP contribution is -2.29. The Kier molecular flexibility index (Phi) is 2.69. The lowest BCUT2D eigenvalue weighted by Gasteiger charge is -2.30. The van der Waals surface area contributed by atoms with Crippen LogP contribution in [0.1, 0.15) is 40.0 Å². The summed E-state index contributed by atoms with van der Waals surface area (Å²) in [5.74, 6) is 2.13. The highest BCUT2D eigenvalue weighted by Crippen LogP contribution is 2.32. The van der Waals surface area contributed by atoms with Gasteiger partial charge in [0.05, 0.1) is 0 Å². The molecule has 1 aliphatic rings. The first-order valence-electron chi connectivity index (χ1n) is 4.65. The Hall–Kier alpha value is -0.330. The second-order valence-corrected chi connectivity index (χ2v) is 4.06. The van der Waals surface area contributed by atoms with Crippen LogP contribution in [0.2, 0.25) is 0 Å². The molecule has 1 rings (SSSR count). The van der Waals surface area contributed by atoms with Gasteiger partial charge in [-0.15, -0.1) is 0 Å². The molecular weight excluding hydrogens is 136 g/mol. The van der Waals surface area contributed by atoms with E-state index in [1.54, 1.807) is 0 Å². The third kappa shape index (κ3) is 1.82. The first-order chi connectivity index (χ1) is 5.13. The maximum absolute atomic E-state index is 11.3. The van der Waals surface area contributed by atoms with Crippen molar-refractivity contribution in [1.29, 1.82) is 0 Å². The van der Waals surface area contributed by atoms with Crippen molar-refractivity contribution in [3.63, 3.8) is 0 Å². The SMILES string of the molecule is CC(C)[C@@H]1CCCC(=O)[C@H]1C. The number of carbonyl (C=O) groups excluding carboxylic acids is 1. The van der Waals surface area contributed by atoms with Gasteiger partial charge in [-0.25, -0.2) is 0 Å². The van der Waals surface area contributed by atoms with Crippen molar-refractivity contribution in [3.05, 3.63) is 0 Å². The van der Waals surface area contributed by atoms with Crippen LogP contribution in [0.3, 0.4) is 0 Å². The molecule has 1 fully saturated rings. The summed E-state index contributed by atoms with van der Waals surface area (Å²) in [5, 5.41) is 0. The van der Waals surface area contributed by atoms with Crippen LogP contribution in [0.15, 0.2) is 0 Å². The van der Waals surface area contributed by atoms with Gasteiger partial charge in [0, 0.05) is 12.3 Å². The van der Waals surface area contributed by atoms with Crippen LogP contribution in [0.5, 0.6) is 0 Å². The molecule has 1 aliphatic carbocycles. The first kappa shape index (κ1) is 8.76. The molecule has 0 saturated heterocycles. The fraction of sp³-hybridized carbons (Fsp3) is 0.900. The molecule has 1 heteroatoms. The summed E-state index contributed by atoms with van der Waals surface area (Å²) in [4.78, 5) is 11.3. The van der Waals surface area contributed by atoms with E-state index in [0.29, 0.717) is 23.5 Å². The average molecular weight is 154 g/mol. The van der Waals surface area contributed by atoms with Gasteiger partial charge in [-0.05, 0) is 24.7 Å². The van der Waals surface area contributed by atoms with Crippen LogP contribution in [0, 0.1) is 17.8 Å². The molecule has 0 aliphatic heterocycles. The highest BCUT2D eigenvalue weighted by atomic mass is 16.1. The topological polar surface area (TPSA) is 17.1 Å². The number of hydrogen-bond acceptors (Lipinski definition) is 1. The number of ketones is 1. The van der Waals surface area contributed by atoms with Crippen LogP contribution in [0.4, 0.5) is 0 Å². The normalized spacial score (nSPS) is 32.9. The maximum atomic E-state index is 11.3. The molecule has 1 nitrogen and oxygen atoms in total. The Bertz CT molecular complexity index is 149. The fourth-order valence-electron chi connectivity index (χ4n) is 2.14. The van der Waals surface area contributed by atoms with Gasteiger partial charge >= 0.3 is 0 Å². The largest absolute Gasteiger partial charge is 0.299 e. The van der Waals surface area contributed by atoms with Crippen LogP contribution in [0.25, 0.3) is 0 Å². The zero-order valence-corrected chi connectivity index (χ0v) is 7.76. The van der Waals surface area contributed by atoms with Crippen molar-refractivity contribution < 1.29 is 4.79 Å². The molecule has 0 aromatic carbocycles. The van der Waals surface area contributed by atoms with E-state index in [2.05, 4.69) is 20.8 Å². The number of hydrogen-bond donors (Lipinski definition) is 0. The Balaban J connectivity index is 2.58. The highest BCUT2D eigenvalue weighted by molar-refractivity contribution is 5.81. The Morgan fingerprint density at radius 1 is 1.45 bits per heavy atom. The molecule has 11 heavy (non-hydrogen) atoms. The fourth-order valence-corrected chi connectivity index (χ4v) is 2.14. The zero-order chi connectivity index (χ0) is 8.43. The van der Waals surface area contributed by atoms with E-state index in [9.17, 15) is 4.79 Å². The Labute approximate surface area is 69.2 Å². The molecule has 0 radical (unpaired) electrons. The van der Waals surface area contributed by atoms with E-state index >= 15 is 0 Å². The van der Waals surface area contributed by atoms with Gasteiger partial charge in [0.2, 0.25) is 0 Å². The minimum atomic E-state index is 0.323. The quantitative estimate of drug-likeness (QED) is 0.567. The van der Waals surface area contributed by atoms with E-state index in [-0.39, 0.29) is 0 Å². The molecule has 0 spiro atoms. The average Bonchev–Trinajstić information content (AvgIpc) is 1.94. The van der Waals surface area contributed by atoms with Crippen molar-refractivity contribution in [2.24, 2.45) is 17.8 Å². The van der Waals surface area contributed by atoms with Gasteiger partial charge in [0.15, 0.2) is 0 Å². The van der Waals surface area contributed by atoms with Gasteiger partial charge in [-0.2, -0.15) is 0 Å². The lowest BCUT2D eigenvalue weighted by molar-refractivity contribution is -0.126. The maximum Gasteiger partial charge on any atom is 0.135 e. The molecular formula is C10H18O.